The Bertz CT molecular complexity index is 658. The summed E-state index contributed by atoms with van der Waals surface area (Å²) in [6.07, 6.45) is 3.99. The fraction of sp³-hybridized carbons (Fsp3) is 0.235. The highest BCUT2D eigenvalue weighted by Crippen LogP contribution is 2.39. The van der Waals surface area contributed by atoms with Gasteiger partial charge in [0.15, 0.2) is 0 Å². The topological polar surface area (TPSA) is 71.1 Å². The van der Waals surface area contributed by atoms with Crippen LogP contribution in [0.2, 0.25) is 0 Å². The van der Waals surface area contributed by atoms with E-state index in [1.807, 2.05) is 42.5 Å². The predicted molar refractivity (Wildman–Crippen MR) is 82.8 cm³/mol. The van der Waals surface area contributed by atoms with Crippen LogP contribution < -0.4 is 10.6 Å². The van der Waals surface area contributed by atoms with Crippen molar-refractivity contribution >= 4 is 17.5 Å². The number of carbonyl (C=O) groups is 2. The largest absolute Gasteiger partial charge is 0.352 e. The maximum atomic E-state index is 12.1. The molecular formula is C17H17N3O2. The van der Waals surface area contributed by atoms with Crippen LogP contribution in [-0.4, -0.2) is 16.8 Å². The highest BCUT2D eigenvalue weighted by Gasteiger charge is 2.47. The first-order valence-electron chi connectivity index (χ1n) is 7.26. The third-order valence-corrected chi connectivity index (χ3v) is 3.72. The number of amides is 2. The zero-order chi connectivity index (χ0) is 15.4. The molecule has 3 rings (SSSR count). The molecule has 2 N–H and O–H groups in total. The highest BCUT2D eigenvalue weighted by atomic mass is 16.2. The molecule has 2 atom stereocenters. The van der Waals surface area contributed by atoms with Gasteiger partial charge in [0.1, 0.15) is 0 Å². The van der Waals surface area contributed by atoms with Crippen LogP contribution >= 0.6 is 0 Å². The number of carbonyl (C=O) groups excluding carboxylic acids is 2. The second kappa shape index (κ2) is 6.39. The summed E-state index contributed by atoms with van der Waals surface area (Å²) in [6.45, 7) is 0.463. The summed E-state index contributed by atoms with van der Waals surface area (Å²) in [4.78, 5) is 28.0. The number of aromatic nitrogens is 1. The maximum absolute atomic E-state index is 12.1. The van der Waals surface area contributed by atoms with Crippen molar-refractivity contribution in [3.8, 4) is 0 Å². The van der Waals surface area contributed by atoms with Gasteiger partial charge >= 0.3 is 0 Å². The number of nitrogens with zero attached hydrogens (tertiary/aromatic N) is 1. The van der Waals surface area contributed by atoms with E-state index >= 15 is 0 Å². The van der Waals surface area contributed by atoms with E-state index < -0.39 is 0 Å². The Labute approximate surface area is 128 Å². The van der Waals surface area contributed by atoms with Crippen LogP contribution in [0.4, 0.5) is 5.69 Å². The average molecular weight is 295 g/mol. The van der Waals surface area contributed by atoms with Crippen LogP contribution in [-0.2, 0) is 16.1 Å². The normalized spacial score (nSPS) is 19.3. The van der Waals surface area contributed by atoms with Gasteiger partial charge in [-0.2, -0.15) is 0 Å². The van der Waals surface area contributed by atoms with E-state index in [1.54, 1.807) is 12.4 Å². The van der Waals surface area contributed by atoms with Crippen molar-refractivity contribution in [3.63, 3.8) is 0 Å². The molecule has 1 heterocycles. The summed E-state index contributed by atoms with van der Waals surface area (Å²) in [7, 11) is 0. The lowest BCUT2D eigenvalue weighted by molar-refractivity contribution is -0.125. The van der Waals surface area contributed by atoms with Gasteiger partial charge < -0.3 is 10.6 Å². The van der Waals surface area contributed by atoms with Crippen molar-refractivity contribution in [1.29, 1.82) is 0 Å². The number of hydrogen-bond acceptors (Lipinski definition) is 3. The van der Waals surface area contributed by atoms with Crippen molar-refractivity contribution in [2.45, 2.75) is 13.0 Å². The minimum atomic E-state index is -0.224. The molecule has 1 saturated carbocycles. The van der Waals surface area contributed by atoms with Crippen molar-refractivity contribution in [3.05, 3.63) is 60.4 Å². The quantitative estimate of drug-likeness (QED) is 0.886. The molecular weight excluding hydrogens is 278 g/mol. The molecule has 0 radical (unpaired) electrons. The number of anilines is 1. The summed E-state index contributed by atoms with van der Waals surface area (Å²) in [5.74, 6) is -0.594. The van der Waals surface area contributed by atoms with Gasteiger partial charge in [-0.25, -0.2) is 0 Å². The molecule has 1 fully saturated rings. The van der Waals surface area contributed by atoms with Crippen LogP contribution in [0.5, 0.6) is 0 Å². The minimum absolute atomic E-state index is 0.0648. The van der Waals surface area contributed by atoms with Crippen LogP contribution in [0.15, 0.2) is 54.9 Å². The van der Waals surface area contributed by atoms with Gasteiger partial charge in [0.2, 0.25) is 11.8 Å². The van der Waals surface area contributed by atoms with Gasteiger partial charge in [0.05, 0.1) is 11.8 Å². The third-order valence-electron chi connectivity index (χ3n) is 3.72. The molecule has 0 bridgehead atoms. The monoisotopic (exact) mass is 295 g/mol. The highest BCUT2D eigenvalue weighted by molar-refractivity contribution is 5.99. The molecule has 0 aliphatic heterocycles. The SMILES string of the molecule is O=C(NCc1ccncc1)C1CC1C(=O)Nc1ccccc1. The fourth-order valence-electron chi connectivity index (χ4n) is 2.35. The maximum Gasteiger partial charge on any atom is 0.228 e. The van der Waals surface area contributed by atoms with E-state index in [1.165, 1.54) is 0 Å². The van der Waals surface area contributed by atoms with Crippen LogP contribution in [0, 0.1) is 11.8 Å². The summed E-state index contributed by atoms with van der Waals surface area (Å²) >= 11 is 0. The molecule has 112 valence electrons. The summed E-state index contributed by atoms with van der Waals surface area (Å²) in [5, 5.41) is 5.70. The second-order valence-electron chi connectivity index (χ2n) is 5.38. The summed E-state index contributed by atoms with van der Waals surface area (Å²) in [5.41, 5.74) is 1.75. The molecule has 22 heavy (non-hydrogen) atoms. The first-order chi connectivity index (χ1) is 10.7. The predicted octanol–water partition coefficient (Wildman–Crippen LogP) is 1.97. The fourth-order valence-corrected chi connectivity index (χ4v) is 2.35. The van der Waals surface area contributed by atoms with Gasteiger partial charge in [0, 0.05) is 24.6 Å². The van der Waals surface area contributed by atoms with Crippen molar-refractivity contribution in [2.75, 3.05) is 5.32 Å². The van der Waals surface area contributed by atoms with Gasteiger partial charge in [-0.15, -0.1) is 0 Å². The first-order valence-corrected chi connectivity index (χ1v) is 7.26. The Hall–Kier alpha value is -2.69. The van der Waals surface area contributed by atoms with Gasteiger partial charge in [-0.3, -0.25) is 14.6 Å². The molecule has 0 saturated heterocycles. The van der Waals surface area contributed by atoms with E-state index in [2.05, 4.69) is 15.6 Å². The number of pyridine rings is 1. The van der Waals surface area contributed by atoms with E-state index in [0.717, 1.165) is 11.3 Å². The Kier molecular flexibility index (Phi) is 4.14. The molecule has 1 aliphatic rings. The zero-order valence-corrected chi connectivity index (χ0v) is 12.0. The van der Waals surface area contributed by atoms with Gasteiger partial charge in [0.25, 0.3) is 0 Å². The molecule has 1 aliphatic carbocycles. The molecule has 1 aromatic carbocycles. The summed E-state index contributed by atoms with van der Waals surface area (Å²) in [6, 6.07) is 13.0. The second-order valence-corrected chi connectivity index (χ2v) is 5.38. The third kappa shape index (κ3) is 3.49. The van der Waals surface area contributed by atoms with Crippen LogP contribution in [0.1, 0.15) is 12.0 Å². The molecule has 1 aromatic heterocycles. The van der Waals surface area contributed by atoms with Gasteiger partial charge in [-0.05, 0) is 36.2 Å². The number of benzene rings is 1. The van der Waals surface area contributed by atoms with E-state index in [0.29, 0.717) is 13.0 Å². The average Bonchev–Trinajstić information content (AvgIpc) is 3.35. The van der Waals surface area contributed by atoms with Crippen molar-refractivity contribution in [2.24, 2.45) is 11.8 Å². The molecule has 2 aromatic rings. The molecule has 0 spiro atoms. The lowest BCUT2D eigenvalue weighted by Gasteiger charge is -2.06. The molecule has 5 nitrogen and oxygen atoms in total. The number of hydrogen-bond donors (Lipinski definition) is 2. The van der Waals surface area contributed by atoms with E-state index in [4.69, 9.17) is 0 Å². The number of rotatable bonds is 5. The van der Waals surface area contributed by atoms with Crippen LogP contribution in [0.25, 0.3) is 0 Å². The Morgan fingerprint density at radius 1 is 1.00 bits per heavy atom. The molecule has 2 unspecified atom stereocenters. The number of para-hydroxylation sites is 1. The smallest absolute Gasteiger partial charge is 0.228 e. The lowest BCUT2D eigenvalue weighted by atomic mass is 10.2. The Morgan fingerprint density at radius 3 is 2.41 bits per heavy atom. The van der Waals surface area contributed by atoms with Crippen LogP contribution in [0.3, 0.4) is 0 Å². The standard InChI is InChI=1S/C17H17N3O2/c21-16(19-11-12-6-8-18-9-7-12)14-10-15(14)17(22)20-13-4-2-1-3-5-13/h1-9,14-15H,10-11H2,(H,19,21)(H,20,22). The van der Waals surface area contributed by atoms with Crippen molar-refractivity contribution < 1.29 is 9.59 Å². The molecule has 5 heteroatoms. The molecule has 2 amide bonds. The Balaban J connectivity index is 1.47. The summed E-state index contributed by atoms with van der Waals surface area (Å²) < 4.78 is 0. The van der Waals surface area contributed by atoms with E-state index in [-0.39, 0.29) is 23.7 Å². The van der Waals surface area contributed by atoms with Gasteiger partial charge in [-0.1, -0.05) is 18.2 Å². The van der Waals surface area contributed by atoms with E-state index in [9.17, 15) is 9.59 Å². The first kappa shape index (κ1) is 14.3. The Morgan fingerprint density at radius 2 is 1.68 bits per heavy atom. The number of nitrogens with one attached hydrogen (secondary N) is 2. The van der Waals surface area contributed by atoms with Crippen molar-refractivity contribution in [1.82, 2.24) is 10.3 Å². The lowest BCUT2D eigenvalue weighted by Crippen LogP contribution is -2.27. The zero-order valence-electron chi connectivity index (χ0n) is 12.0. The minimum Gasteiger partial charge on any atom is -0.352 e.